The van der Waals surface area contributed by atoms with Crippen LogP contribution in [-0.2, 0) is 11.3 Å². The summed E-state index contributed by atoms with van der Waals surface area (Å²) in [6.45, 7) is 5.88. The average Bonchev–Trinajstić information content (AvgIpc) is 2.85. The molecule has 1 aliphatic heterocycles. The van der Waals surface area contributed by atoms with E-state index in [9.17, 15) is 0 Å². The van der Waals surface area contributed by atoms with E-state index in [1.807, 2.05) is 16.9 Å². The van der Waals surface area contributed by atoms with Crippen LogP contribution in [0.25, 0.3) is 0 Å². The molecule has 2 rings (SSSR count). The molecule has 0 spiro atoms. The van der Waals surface area contributed by atoms with Crippen LogP contribution in [0.3, 0.4) is 0 Å². The van der Waals surface area contributed by atoms with Gasteiger partial charge in [-0.3, -0.25) is 4.68 Å². The van der Waals surface area contributed by atoms with E-state index in [-0.39, 0.29) is 0 Å². The Morgan fingerprint density at radius 1 is 1.67 bits per heavy atom. The zero-order valence-electron chi connectivity index (χ0n) is 9.28. The van der Waals surface area contributed by atoms with Crippen LogP contribution in [-0.4, -0.2) is 35.6 Å². The standard InChI is InChI=1S/C11H19N3O/c1-10-4-5-13-14(10)7-6-12-9-11-3-2-8-15-11/h4-5,11-12H,2-3,6-9H2,1H3. The fourth-order valence-corrected chi connectivity index (χ4v) is 1.89. The van der Waals surface area contributed by atoms with Crippen molar-refractivity contribution in [3.05, 3.63) is 18.0 Å². The summed E-state index contributed by atoms with van der Waals surface area (Å²) in [5, 5.41) is 7.64. The van der Waals surface area contributed by atoms with Crippen LogP contribution in [0.2, 0.25) is 0 Å². The van der Waals surface area contributed by atoms with Crippen molar-refractivity contribution in [3.8, 4) is 0 Å². The molecule has 1 aromatic heterocycles. The van der Waals surface area contributed by atoms with Crippen LogP contribution in [0, 0.1) is 6.92 Å². The second-order valence-corrected chi connectivity index (χ2v) is 4.03. The second kappa shape index (κ2) is 5.28. The molecule has 1 unspecified atom stereocenters. The molecule has 2 heterocycles. The third-order valence-electron chi connectivity index (χ3n) is 2.83. The molecule has 1 saturated heterocycles. The van der Waals surface area contributed by atoms with Crippen molar-refractivity contribution in [2.45, 2.75) is 32.4 Å². The molecule has 0 saturated carbocycles. The van der Waals surface area contributed by atoms with E-state index in [0.717, 1.165) is 26.2 Å². The summed E-state index contributed by atoms with van der Waals surface area (Å²) in [5.41, 5.74) is 1.22. The summed E-state index contributed by atoms with van der Waals surface area (Å²) < 4.78 is 7.55. The number of hydrogen-bond donors (Lipinski definition) is 1. The largest absolute Gasteiger partial charge is 0.377 e. The fraction of sp³-hybridized carbons (Fsp3) is 0.727. The first kappa shape index (κ1) is 10.6. The molecule has 1 atom stereocenters. The molecule has 1 aromatic rings. The summed E-state index contributed by atoms with van der Waals surface area (Å²) >= 11 is 0. The lowest BCUT2D eigenvalue weighted by atomic mass is 10.2. The van der Waals surface area contributed by atoms with Crippen molar-refractivity contribution >= 4 is 0 Å². The number of rotatable bonds is 5. The lowest BCUT2D eigenvalue weighted by Crippen LogP contribution is -2.29. The lowest BCUT2D eigenvalue weighted by Gasteiger charge is -2.11. The normalized spacial score (nSPS) is 21.0. The van der Waals surface area contributed by atoms with Gasteiger partial charge in [0.05, 0.1) is 12.6 Å². The molecule has 1 N–H and O–H groups in total. The Labute approximate surface area is 90.6 Å². The van der Waals surface area contributed by atoms with E-state index in [2.05, 4.69) is 17.3 Å². The maximum absolute atomic E-state index is 5.53. The Morgan fingerprint density at radius 2 is 2.60 bits per heavy atom. The number of aromatic nitrogens is 2. The van der Waals surface area contributed by atoms with Gasteiger partial charge in [0.15, 0.2) is 0 Å². The van der Waals surface area contributed by atoms with E-state index in [4.69, 9.17) is 4.74 Å². The molecule has 4 heteroatoms. The van der Waals surface area contributed by atoms with Crippen molar-refractivity contribution in [2.24, 2.45) is 0 Å². The van der Waals surface area contributed by atoms with Gasteiger partial charge in [0.2, 0.25) is 0 Å². The smallest absolute Gasteiger partial charge is 0.0700 e. The number of nitrogens with zero attached hydrogens (tertiary/aromatic N) is 2. The molecule has 1 aliphatic rings. The predicted molar refractivity (Wildman–Crippen MR) is 58.8 cm³/mol. The van der Waals surface area contributed by atoms with Gasteiger partial charge in [-0.2, -0.15) is 5.10 Å². The molecule has 0 aromatic carbocycles. The van der Waals surface area contributed by atoms with Crippen molar-refractivity contribution in [1.82, 2.24) is 15.1 Å². The van der Waals surface area contributed by atoms with Crippen molar-refractivity contribution in [3.63, 3.8) is 0 Å². The molecular formula is C11H19N3O. The summed E-state index contributed by atoms with van der Waals surface area (Å²) in [7, 11) is 0. The highest BCUT2D eigenvalue weighted by atomic mass is 16.5. The summed E-state index contributed by atoms with van der Waals surface area (Å²) in [6.07, 6.45) is 4.69. The van der Waals surface area contributed by atoms with Crippen LogP contribution in [0.4, 0.5) is 0 Å². The number of hydrogen-bond acceptors (Lipinski definition) is 3. The van der Waals surface area contributed by atoms with Gasteiger partial charge in [-0.1, -0.05) is 0 Å². The fourth-order valence-electron chi connectivity index (χ4n) is 1.89. The third kappa shape index (κ3) is 3.04. The Balaban J connectivity index is 1.60. The molecule has 0 bridgehead atoms. The van der Waals surface area contributed by atoms with Crippen molar-refractivity contribution < 1.29 is 4.74 Å². The minimum Gasteiger partial charge on any atom is -0.377 e. The minimum atomic E-state index is 0.434. The van der Waals surface area contributed by atoms with Gasteiger partial charge < -0.3 is 10.1 Å². The van der Waals surface area contributed by atoms with Crippen LogP contribution in [0.5, 0.6) is 0 Å². The quantitative estimate of drug-likeness (QED) is 0.734. The Kier molecular flexibility index (Phi) is 3.75. The van der Waals surface area contributed by atoms with Gasteiger partial charge in [-0.25, -0.2) is 0 Å². The highest BCUT2D eigenvalue weighted by Crippen LogP contribution is 2.10. The van der Waals surface area contributed by atoms with Gasteiger partial charge in [0.25, 0.3) is 0 Å². The van der Waals surface area contributed by atoms with Crippen LogP contribution < -0.4 is 5.32 Å². The lowest BCUT2D eigenvalue weighted by molar-refractivity contribution is 0.110. The van der Waals surface area contributed by atoms with Crippen LogP contribution in [0.15, 0.2) is 12.3 Å². The van der Waals surface area contributed by atoms with Crippen LogP contribution >= 0.6 is 0 Å². The maximum atomic E-state index is 5.53. The first-order valence-corrected chi connectivity index (χ1v) is 5.67. The zero-order valence-corrected chi connectivity index (χ0v) is 9.28. The molecule has 0 radical (unpaired) electrons. The molecular weight excluding hydrogens is 190 g/mol. The highest BCUT2D eigenvalue weighted by Gasteiger charge is 2.14. The summed E-state index contributed by atoms with van der Waals surface area (Å²) in [5.74, 6) is 0. The average molecular weight is 209 g/mol. The molecule has 1 fully saturated rings. The molecule has 84 valence electrons. The van der Waals surface area contributed by atoms with E-state index < -0.39 is 0 Å². The van der Waals surface area contributed by atoms with E-state index in [1.54, 1.807) is 0 Å². The number of nitrogens with one attached hydrogen (secondary N) is 1. The third-order valence-corrected chi connectivity index (χ3v) is 2.83. The minimum absolute atomic E-state index is 0.434. The summed E-state index contributed by atoms with van der Waals surface area (Å²) in [4.78, 5) is 0. The van der Waals surface area contributed by atoms with Gasteiger partial charge in [0, 0.05) is 31.6 Å². The van der Waals surface area contributed by atoms with Crippen molar-refractivity contribution in [1.29, 1.82) is 0 Å². The topological polar surface area (TPSA) is 39.1 Å². The van der Waals surface area contributed by atoms with E-state index >= 15 is 0 Å². The van der Waals surface area contributed by atoms with Gasteiger partial charge in [-0.05, 0) is 25.8 Å². The summed E-state index contributed by atoms with van der Waals surface area (Å²) in [6, 6.07) is 2.03. The highest BCUT2D eigenvalue weighted by molar-refractivity contribution is 4.96. The monoisotopic (exact) mass is 209 g/mol. The number of aryl methyl sites for hydroxylation is 1. The molecule has 4 nitrogen and oxygen atoms in total. The van der Waals surface area contributed by atoms with Gasteiger partial charge in [0.1, 0.15) is 0 Å². The first-order valence-electron chi connectivity index (χ1n) is 5.67. The maximum Gasteiger partial charge on any atom is 0.0700 e. The van der Waals surface area contributed by atoms with E-state index in [1.165, 1.54) is 18.5 Å². The Morgan fingerprint density at radius 3 is 3.27 bits per heavy atom. The number of ether oxygens (including phenoxy) is 1. The zero-order chi connectivity index (χ0) is 10.5. The molecule has 0 aliphatic carbocycles. The molecule has 0 amide bonds. The predicted octanol–water partition coefficient (Wildman–Crippen LogP) is 0.960. The SMILES string of the molecule is Cc1ccnn1CCNCC1CCCO1. The Bertz CT molecular complexity index is 292. The Hall–Kier alpha value is -0.870. The van der Waals surface area contributed by atoms with Crippen LogP contribution in [0.1, 0.15) is 18.5 Å². The first-order chi connectivity index (χ1) is 7.36. The van der Waals surface area contributed by atoms with Gasteiger partial charge >= 0.3 is 0 Å². The second-order valence-electron chi connectivity index (χ2n) is 4.03. The molecule has 15 heavy (non-hydrogen) atoms. The van der Waals surface area contributed by atoms with E-state index in [0.29, 0.717) is 6.10 Å². The van der Waals surface area contributed by atoms with Crippen molar-refractivity contribution in [2.75, 3.05) is 19.7 Å². The van der Waals surface area contributed by atoms with Gasteiger partial charge in [-0.15, -0.1) is 0 Å².